The molecule has 1 unspecified atom stereocenters. The van der Waals surface area contributed by atoms with E-state index in [1.165, 1.54) is 50.6 Å². The molecule has 3 atom stereocenters. The Morgan fingerprint density at radius 1 is 0.833 bits per heavy atom. The van der Waals surface area contributed by atoms with Gasteiger partial charge in [-0.15, -0.1) is 0 Å². The zero-order valence-electron chi connectivity index (χ0n) is 14.4. The zero-order chi connectivity index (χ0) is 16.2. The Morgan fingerprint density at radius 2 is 1.62 bits per heavy atom. The maximum Gasteiger partial charge on any atom is 0.127 e. The summed E-state index contributed by atoms with van der Waals surface area (Å²) >= 11 is 0. The standard InChI is InChI=1S/C22H27NO/c1-2-11-20(12-3-1)24-21-13-6-8-18(16-21)17-23-15-7-10-19-9-4-5-14-22(19)23/h1-3,6,8,11-13,16,19,22H,4-5,7,9-10,14-15,17H2/p+1/t19-,22+/m0/s1. The van der Waals surface area contributed by atoms with Crippen LogP contribution in [0, 0.1) is 5.92 Å². The average Bonchev–Trinajstić information content (AvgIpc) is 2.63. The van der Waals surface area contributed by atoms with Gasteiger partial charge in [0.1, 0.15) is 18.0 Å². The Bertz CT molecular complexity index is 652. The van der Waals surface area contributed by atoms with E-state index in [1.807, 2.05) is 35.2 Å². The lowest BCUT2D eigenvalue weighted by Crippen LogP contribution is -3.16. The summed E-state index contributed by atoms with van der Waals surface area (Å²) in [6.07, 6.45) is 8.64. The van der Waals surface area contributed by atoms with E-state index >= 15 is 0 Å². The zero-order valence-corrected chi connectivity index (χ0v) is 14.4. The van der Waals surface area contributed by atoms with Crippen LogP contribution in [0.15, 0.2) is 54.6 Å². The fourth-order valence-corrected chi connectivity index (χ4v) is 4.69. The van der Waals surface area contributed by atoms with Gasteiger partial charge >= 0.3 is 0 Å². The third-order valence-corrected chi connectivity index (χ3v) is 5.81. The van der Waals surface area contributed by atoms with Gasteiger partial charge in [-0.3, -0.25) is 0 Å². The van der Waals surface area contributed by atoms with Crippen LogP contribution in [0.3, 0.4) is 0 Å². The molecule has 1 aliphatic heterocycles. The summed E-state index contributed by atoms with van der Waals surface area (Å²) in [4.78, 5) is 1.81. The van der Waals surface area contributed by atoms with E-state index in [0.717, 1.165) is 30.0 Å². The van der Waals surface area contributed by atoms with E-state index in [2.05, 4.69) is 24.3 Å². The number of rotatable bonds is 4. The minimum absolute atomic E-state index is 0.895. The lowest BCUT2D eigenvalue weighted by atomic mass is 9.78. The monoisotopic (exact) mass is 322 g/mol. The second-order valence-corrected chi connectivity index (χ2v) is 7.44. The van der Waals surface area contributed by atoms with Crippen LogP contribution < -0.4 is 9.64 Å². The first-order valence-electron chi connectivity index (χ1n) is 9.55. The summed E-state index contributed by atoms with van der Waals surface area (Å²) in [5.74, 6) is 2.84. The molecule has 2 aromatic carbocycles. The first-order chi connectivity index (χ1) is 11.9. The van der Waals surface area contributed by atoms with Crippen LogP contribution in [-0.2, 0) is 6.54 Å². The number of hydrogen-bond donors (Lipinski definition) is 1. The van der Waals surface area contributed by atoms with Crippen molar-refractivity contribution in [2.45, 2.75) is 51.1 Å². The molecule has 0 spiro atoms. The largest absolute Gasteiger partial charge is 0.457 e. The van der Waals surface area contributed by atoms with Gasteiger partial charge in [-0.2, -0.15) is 0 Å². The molecule has 1 heterocycles. The highest BCUT2D eigenvalue weighted by Gasteiger charge is 2.36. The summed E-state index contributed by atoms with van der Waals surface area (Å²) in [7, 11) is 0. The van der Waals surface area contributed by atoms with Crippen molar-refractivity contribution in [2.75, 3.05) is 6.54 Å². The van der Waals surface area contributed by atoms with Crippen LogP contribution in [0.25, 0.3) is 0 Å². The summed E-state index contributed by atoms with van der Waals surface area (Å²) in [5, 5.41) is 0. The number of para-hydroxylation sites is 1. The van der Waals surface area contributed by atoms with Gasteiger partial charge in [0, 0.05) is 11.5 Å². The lowest BCUT2D eigenvalue weighted by molar-refractivity contribution is -0.949. The molecule has 0 aromatic heterocycles. The Labute approximate surface area is 145 Å². The predicted octanol–water partition coefficient (Wildman–Crippen LogP) is 4.22. The molecule has 1 N–H and O–H groups in total. The maximum atomic E-state index is 6.01. The molecule has 24 heavy (non-hydrogen) atoms. The van der Waals surface area contributed by atoms with E-state index in [9.17, 15) is 0 Å². The molecule has 0 amide bonds. The highest BCUT2D eigenvalue weighted by molar-refractivity contribution is 5.33. The molecular formula is C22H28NO+. The van der Waals surface area contributed by atoms with Crippen molar-refractivity contribution in [3.05, 3.63) is 60.2 Å². The molecule has 2 aliphatic rings. The first-order valence-corrected chi connectivity index (χ1v) is 9.55. The number of piperidine rings is 1. The van der Waals surface area contributed by atoms with E-state index in [-0.39, 0.29) is 0 Å². The lowest BCUT2D eigenvalue weighted by Gasteiger charge is -2.41. The first kappa shape index (κ1) is 15.7. The maximum absolute atomic E-state index is 6.01. The molecule has 2 fully saturated rings. The number of ether oxygens (including phenoxy) is 1. The molecule has 2 nitrogen and oxygen atoms in total. The van der Waals surface area contributed by atoms with Crippen LogP contribution >= 0.6 is 0 Å². The summed E-state index contributed by atoms with van der Waals surface area (Å²) in [6, 6.07) is 19.6. The smallest absolute Gasteiger partial charge is 0.127 e. The average molecular weight is 322 g/mol. The van der Waals surface area contributed by atoms with Gasteiger partial charge in [-0.05, 0) is 56.4 Å². The van der Waals surface area contributed by atoms with Crippen molar-refractivity contribution < 1.29 is 9.64 Å². The second kappa shape index (κ2) is 7.40. The molecule has 4 rings (SSSR count). The number of nitrogens with one attached hydrogen (secondary N) is 1. The summed E-state index contributed by atoms with van der Waals surface area (Å²) in [5.41, 5.74) is 1.41. The number of benzene rings is 2. The van der Waals surface area contributed by atoms with Crippen molar-refractivity contribution in [1.82, 2.24) is 0 Å². The highest BCUT2D eigenvalue weighted by atomic mass is 16.5. The van der Waals surface area contributed by atoms with Gasteiger partial charge < -0.3 is 9.64 Å². The molecule has 0 radical (unpaired) electrons. The minimum Gasteiger partial charge on any atom is -0.457 e. The van der Waals surface area contributed by atoms with Crippen molar-refractivity contribution in [2.24, 2.45) is 5.92 Å². The predicted molar refractivity (Wildman–Crippen MR) is 97.5 cm³/mol. The topological polar surface area (TPSA) is 13.7 Å². The summed E-state index contributed by atoms with van der Waals surface area (Å²) in [6.45, 7) is 2.48. The number of likely N-dealkylation sites (tertiary alicyclic amines) is 1. The van der Waals surface area contributed by atoms with Crippen LogP contribution in [0.1, 0.15) is 44.1 Å². The Kier molecular flexibility index (Phi) is 4.84. The van der Waals surface area contributed by atoms with Crippen molar-refractivity contribution in [1.29, 1.82) is 0 Å². The van der Waals surface area contributed by atoms with Crippen LogP contribution in [-0.4, -0.2) is 12.6 Å². The second-order valence-electron chi connectivity index (χ2n) is 7.44. The minimum atomic E-state index is 0.895. The number of quaternary nitrogens is 1. The van der Waals surface area contributed by atoms with Crippen LogP contribution in [0.2, 0.25) is 0 Å². The Morgan fingerprint density at radius 3 is 2.54 bits per heavy atom. The van der Waals surface area contributed by atoms with Crippen LogP contribution in [0.4, 0.5) is 0 Å². The Hall–Kier alpha value is -1.80. The molecule has 2 aromatic rings. The molecule has 126 valence electrons. The molecule has 0 bridgehead atoms. The van der Waals surface area contributed by atoms with Crippen molar-refractivity contribution in [3.63, 3.8) is 0 Å². The van der Waals surface area contributed by atoms with Gasteiger partial charge in [0.2, 0.25) is 0 Å². The number of fused-ring (bicyclic) bond motifs is 1. The van der Waals surface area contributed by atoms with Crippen molar-refractivity contribution in [3.8, 4) is 11.5 Å². The normalized spacial score (nSPS) is 26.6. The van der Waals surface area contributed by atoms with E-state index in [0.29, 0.717) is 0 Å². The van der Waals surface area contributed by atoms with E-state index in [4.69, 9.17) is 4.74 Å². The molecule has 1 saturated heterocycles. The summed E-state index contributed by atoms with van der Waals surface area (Å²) < 4.78 is 6.01. The third-order valence-electron chi connectivity index (χ3n) is 5.81. The fraction of sp³-hybridized carbons (Fsp3) is 0.455. The fourth-order valence-electron chi connectivity index (χ4n) is 4.69. The van der Waals surface area contributed by atoms with Gasteiger partial charge in [0.15, 0.2) is 0 Å². The van der Waals surface area contributed by atoms with Crippen molar-refractivity contribution >= 4 is 0 Å². The van der Waals surface area contributed by atoms with Gasteiger partial charge in [0.25, 0.3) is 0 Å². The third kappa shape index (κ3) is 3.64. The molecular weight excluding hydrogens is 294 g/mol. The molecule has 1 saturated carbocycles. The van der Waals surface area contributed by atoms with Crippen LogP contribution in [0.5, 0.6) is 11.5 Å². The van der Waals surface area contributed by atoms with Gasteiger partial charge in [0.05, 0.1) is 12.6 Å². The van der Waals surface area contributed by atoms with E-state index < -0.39 is 0 Å². The van der Waals surface area contributed by atoms with E-state index in [1.54, 1.807) is 0 Å². The highest BCUT2D eigenvalue weighted by Crippen LogP contribution is 2.29. The SMILES string of the molecule is c1ccc(Oc2cccc(C[NH+]3CCC[C@@H]4CCCC[C@H]43)c2)cc1. The molecule has 2 heteroatoms. The molecule has 1 aliphatic carbocycles. The van der Waals surface area contributed by atoms with Gasteiger partial charge in [-0.25, -0.2) is 0 Å². The number of hydrogen-bond acceptors (Lipinski definition) is 1. The Balaban J connectivity index is 1.45. The van der Waals surface area contributed by atoms with Gasteiger partial charge in [-0.1, -0.05) is 36.8 Å². The quantitative estimate of drug-likeness (QED) is 0.890.